The lowest BCUT2D eigenvalue weighted by molar-refractivity contribution is -0.144. The maximum Gasteiger partial charge on any atom is 0.311 e. The predicted octanol–water partition coefficient (Wildman–Crippen LogP) is 3.11. The number of rotatable bonds is 9. The van der Waals surface area contributed by atoms with Crippen molar-refractivity contribution in [1.29, 1.82) is 0 Å². The zero-order chi connectivity index (χ0) is 15.5. The maximum absolute atomic E-state index is 11.7. The van der Waals surface area contributed by atoms with Gasteiger partial charge in [0.05, 0.1) is 13.7 Å². The molecule has 0 fully saturated rings. The molecule has 0 radical (unpaired) electrons. The molecule has 0 aliphatic rings. The summed E-state index contributed by atoms with van der Waals surface area (Å²) >= 11 is 0. The molecule has 116 valence electrons. The molecule has 0 heterocycles. The molecule has 21 heavy (non-hydrogen) atoms. The summed E-state index contributed by atoms with van der Waals surface area (Å²) in [5, 5.41) is 0. The van der Waals surface area contributed by atoms with Crippen LogP contribution in [0.1, 0.15) is 39.0 Å². The fraction of sp³-hybridized carbons (Fsp3) is 0.500. The van der Waals surface area contributed by atoms with Crippen molar-refractivity contribution in [3.8, 4) is 11.5 Å². The molecule has 0 atom stereocenters. The summed E-state index contributed by atoms with van der Waals surface area (Å²) < 4.78 is 15.3. The van der Waals surface area contributed by atoms with Gasteiger partial charge in [-0.25, -0.2) is 0 Å². The highest BCUT2D eigenvalue weighted by Gasteiger charge is 2.10. The second-order valence-electron chi connectivity index (χ2n) is 4.55. The first-order valence-corrected chi connectivity index (χ1v) is 7.16. The van der Waals surface area contributed by atoms with Gasteiger partial charge in [-0.1, -0.05) is 25.5 Å². The van der Waals surface area contributed by atoms with E-state index < -0.39 is 0 Å². The van der Waals surface area contributed by atoms with Crippen LogP contribution in [-0.4, -0.2) is 25.7 Å². The van der Waals surface area contributed by atoms with E-state index in [0.717, 1.165) is 12.8 Å². The molecule has 0 aliphatic heterocycles. The summed E-state index contributed by atoms with van der Waals surface area (Å²) in [7, 11) is 1.51. The van der Waals surface area contributed by atoms with E-state index in [1.165, 1.54) is 7.11 Å². The van der Waals surface area contributed by atoms with E-state index in [0.29, 0.717) is 24.5 Å². The quantitative estimate of drug-likeness (QED) is 0.398. The van der Waals surface area contributed by atoms with Gasteiger partial charge in [0.15, 0.2) is 11.5 Å². The number of ether oxygens (including phenoxy) is 3. The van der Waals surface area contributed by atoms with Crippen LogP contribution in [-0.2, 0) is 14.3 Å². The molecule has 0 unspecified atom stereocenters. The number of hydrogen-bond acceptors (Lipinski definition) is 5. The number of methoxy groups -OCH3 is 1. The lowest BCUT2D eigenvalue weighted by Crippen LogP contribution is -2.11. The van der Waals surface area contributed by atoms with Gasteiger partial charge in [0.25, 0.3) is 0 Å². The van der Waals surface area contributed by atoms with E-state index in [9.17, 15) is 9.59 Å². The molecule has 0 saturated heterocycles. The van der Waals surface area contributed by atoms with Gasteiger partial charge < -0.3 is 14.2 Å². The van der Waals surface area contributed by atoms with Crippen LogP contribution in [0.25, 0.3) is 0 Å². The molecule has 0 aliphatic carbocycles. The average molecular weight is 294 g/mol. The monoisotopic (exact) mass is 294 g/mol. The Kier molecular flexibility index (Phi) is 7.94. The second-order valence-corrected chi connectivity index (χ2v) is 4.55. The number of unbranched alkanes of at least 4 members (excludes halogenated alkanes) is 1. The smallest absolute Gasteiger partial charge is 0.311 e. The third-order valence-corrected chi connectivity index (χ3v) is 2.82. The summed E-state index contributed by atoms with van der Waals surface area (Å²) in [6, 6.07) is 6.93. The van der Waals surface area contributed by atoms with Crippen LogP contribution in [0.5, 0.6) is 11.5 Å². The molecule has 0 N–H and O–H groups in total. The third kappa shape index (κ3) is 6.79. The Balaban J connectivity index is 2.26. The minimum atomic E-state index is -0.388. The number of carbonyl (C=O) groups excluding carboxylic acids is 2. The first-order valence-electron chi connectivity index (χ1n) is 7.16. The van der Waals surface area contributed by atoms with Crippen molar-refractivity contribution in [3.63, 3.8) is 0 Å². The molecule has 0 aromatic heterocycles. The van der Waals surface area contributed by atoms with E-state index in [4.69, 9.17) is 14.2 Å². The van der Waals surface area contributed by atoms with Crippen LogP contribution in [0.2, 0.25) is 0 Å². The van der Waals surface area contributed by atoms with Crippen molar-refractivity contribution in [2.75, 3.05) is 13.7 Å². The topological polar surface area (TPSA) is 61.8 Å². The zero-order valence-corrected chi connectivity index (χ0v) is 12.6. The lowest BCUT2D eigenvalue weighted by Gasteiger charge is -2.08. The average Bonchev–Trinajstić information content (AvgIpc) is 2.48. The van der Waals surface area contributed by atoms with E-state index in [2.05, 4.69) is 0 Å². The first kappa shape index (κ1) is 17.0. The molecule has 0 saturated carbocycles. The summed E-state index contributed by atoms with van der Waals surface area (Å²) in [5.41, 5.74) is 0. The number of carbonyl (C=O) groups is 2. The second kappa shape index (κ2) is 9.80. The lowest BCUT2D eigenvalue weighted by atomic mass is 10.2. The van der Waals surface area contributed by atoms with Gasteiger partial charge >= 0.3 is 11.9 Å². The highest BCUT2D eigenvalue weighted by Crippen LogP contribution is 2.26. The van der Waals surface area contributed by atoms with Gasteiger partial charge in [-0.3, -0.25) is 9.59 Å². The fourth-order valence-corrected chi connectivity index (χ4v) is 1.66. The van der Waals surface area contributed by atoms with Crippen molar-refractivity contribution in [2.45, 2.75) is 39.0 Å². The Hall–Kier alpha value is -2.04. The minimum Gasteiger partial charge on any atom is -0.493 e. The van der Waals surface area contributed by atoms with Gasteiger partial charge in [0.2, 0.25) is 0 Å². The summed E-state index contributed by atoms with van der Waals surface area (Å²) in [6.45, 7) is 2.47. The molecule has 5 nitrogen and oxygen atoms in total. The minimum absolute atomic E-state index is 0.168. The summed E-state index contributed by atoms with van der Waals surface area (Å²) in [4.78, 5) is 23.1. The molecule has 1 aromatic rings. The maximum atomic E-state index is 11.7. The Labute approximate surface area is 125 Å². The number of hydrogen-bond donors (Lipinski definition) is 0. The van der Waals surface area contributed by atoms with Gasteiger partial charge in [0, 0.05) is 12.8 Å². The first-order chi connectivity index (χ1) is 10.2. The van der Waals surface area contributed by atoms with Crippen LogP contribution in [0.4, 0.5) is 0 Å². The van der Waals surface area contributed by atoms with E-state index in [1.54, 1.807) is 24.3 Å². The van der Waals surface area contributed by atoms with Crippen molar-refractivity contribution < 1.29 is 23.8 Å². The molecule has 0 spiro atoms. The van der Waals surface area contributed by atoms with E-state index in [-0.39, 0.29) is 24.8 Å². The normalized spacial score (nSPS) is 10.0. The summed E-state index contributed by atoms with van der Waals surface area (Å²) in [6.07, 6.45) is 2.66. The van der Waals surface area contributed by atoms with Crippen molar-refractivity contribution in [3.05, 3.63) is 24.3 Å². The zero-order valence-electron chi connectivity index (χ0n) is 12.6. The largest absolute Gasteiger partial charge is 0.493 e. The summed E-state index contributed by atoms with van der Waals surface area (Å²) in [5.74, 6) is 0.231. The standard InChI is InChI=1S/C16H22O5/c1-3-4-12-20-15(17)10-7-11-16(18)21-14-9-6-5-8-13(14)19-2/h5-6,8-9H,3-4,7,10-12H2,1-2H3. The van der Waals surface area contributed by atoms with Crippen molar-refractivity contribution in [1.82, 2.24) is 0 Å². The fourth-order valence-electron chi connectivity index (χ4n) is 1.66. The Morgan fingerprint density at radius 1 is 1.00 bits per heavy atom. The van der Waals surface area contributed by atoms with Gasteiger partial charge in [0.1, 0.15) is 0 Å². The predicted molar refractivity (Wildman–Crippen MR) is 78.3 cm³/mol. The van der Waals surface area contributed by atoms with Crippen molar-refractivity contribution >= 4 is 11.9 Å². The van der Waals surface area contributed by atoms with E-state index in [1.807, 2.05) is 6.92 Å². The van der Waals surface area contributed by atoms with Crippen LogP contribution in [0.15, 0.2) is 24.3 Å². The Morgan fingerprint density at radius 3 is 2.33 bits per heavy atom. The van der Waals surface area contributed by atoms with Crippen LogP contribution >= 0.6 is 0 Å². The molecule has 5 heteroatoms. The Bertz CT molecular complexity index is 456. The molecule has 1 aromatic carbocycles. The molecule has 1 rings (SSSR count). The molecule has 0 bridgehead atoms. The highest BCUT2D eigenvalue weighted by atomic mass is 16.6. The van der Waals surface area contributed by atoms with Crippen molar-refractivity contribution in [2.24, 2.45) is 0 Å². The van der Waals surface area contributed by atoms with Gasteiger partial charge in [-0.15, -0.1) is 0 Å². The third-order valence-electron chi connectivity index (χ3n) is 2.82. The molecular weight excluding hydrogens is 272 g/mol. The SMILES string of the molecule is CCCCOC(=O)CCCC(=O)Oc1ccccc1OC. The van der Waals surface area contributed by atoms with Gasteiger partial charge in [-0.2, -0.15) is 0 Å². The van der Waals surface area contributed by atoms with E-state index >= 15 is 0 Å². The molecule has 0 amide bonds. The van der Waals surface area contributed by atoms with Crippen LogP contribution < -0.4 is 9.47 Å². The number of esters is 2. The highest BCUT2D eigenvalue weighted by molar-refractivity contribution is 5.74. The number of para-hydroxylation sites is 2. The van der Waals surface area contributed by atoms with Crippen LogP contribution in [0.3, 0.4) is 0 Å². The van der Waals surface area contributed by atoms with Crippen LogP contribution in [0, 0.1) is 0 Å². The Morgan fingerprint density at radius 2 is 1.67 bits per heavy atom. The van der Waals surface area contributed by atoms with Gasteiger partial charge in [-0.05, 0) is 25.0 Å². The molecular formula is C16H22O5. The number of benzene rings is 1.